The van der Waals surface area contributed by atoms with Crippen LogP contribution in [0.15, 0.2) is 60.7 Å². The summed E-state index contributed by atoms with van der Waals surface area (Å²) in [6, 6.07) is 18.5. The highest BCUT2D eigenvalue weighted by Gasteiger charge is 2.38. The van der Waals surface area contributed by atoms with Gasteiger partial charge in [0.1, 0.15) is 18.2 Å². The van der Waals surface area contributed by atoms with Gasteiger partial charge in [0.15, 0.2) is 0 Å². The van der Waals surface area contributed by atoms with Gasteiger partial charge in [-0.05, 0) is 95.0 Å². The maximum absolute atomic E-state index is 13.9. The van der Waals surface area contributed by atoms with Crippen LogP contribution in [0, 0.1) is 13.8 Å². The molecule has 3 aromatic rings. The molecule has 202 valence electrons. The lowest BCUT2D eigenvalue weighted by molar-refractivity contribution is -0.144. The Labute approximate surface area is 225 Å². The van der Waals surface area contributed by atoms with Gasteiger partial charge in [0, 0.05) is 11.2 Å². The fourth-order valence-corrected chi connectivity index (χ4v) is 4.28. The second-order valence-corrected chi connectivity index (χ2v) is 11.6. The number of nitrogens with zero attached hydrogens (tertiary/aromatic N) is 1. The average Bonchev–Trinajstić information content (AvgIpc) is 2.80. The third-order valence-corrected chi connectivity index (χ3v) is 6.14. The normalized spacial score (nSPS) is 12.5. The summed E-state index contributed by atoms with van der Waals surface area (Å²) in [5, 5.41) is 7.63. The molecule has 0 aliphatic rings. The summed E-state index contributed by atoms with van der Waals surface area (Å²) in [5.74, 6) is -0.746. The van der Waals surface area contributed by atoms with E-state index in [1.165, 1.54) is 4.90 Å². The van der Waals surface area contributed by atoms with Gasteiger partial charge in [0.2, 0.25) is 5.91 Å². The first-order valence-corrected chi connectivity index (χ1v) is 12.8. The minimum Gasteiger partial charge on any atom is -0.444 e. The van der Waals surface area contributed by atoms with Crippen molar-refractivity contribution < 1.29 is 19.1 Å². The number of hydrogen-bond donors (Lipinski definition) is 2. The van der Waals surface area contributed by atoms with Gasteiger partial charge in [0.05, 0.1) is 0 Å². The van der Waals surface area contributed by atoms with E-state index in [-0.39, 0.29) is 12.5 Å². The molecule has 0 aliphatic carbocycles. The summed E-state index contributed by atoms with van der Waals surface area (Å²) in [6.07, 6.45) is -0.692. The van der Waals surface area contributed by atoms with Crippen LogP contribution in [0.5, 0.6) is 0 Å². The molecular weight excluding hydrogens is 478 g/mol. The Balaban J connectivity index is 1.98. The Morgan fingerprint density at radius 1 is 0.842 bits per heavy atom. The molecule has 0 bridgehead atoms. The first-order valence-electron chi connectivity index (χ1n) is 12.8. The number of carbonyl (C=O) groups is 3. The van der Waals surface area contributed by atoms with Crippen molar-refractivity contribution in [2.45, 2.75) is 72.6 Å². The Bertz CT molecular complexity index is 1330. The number of nitrogens with one attached hydrogen (secondary N) is 2. The van der Waals surface area contributed by atoms with Crippen LogP contribution in [0.4, 0.5) is 10.5 Å². The van der Waals surface area contributed by atoms with Crippen molar-refractivity contribution in [3.8, 4) is 0 Å². The molecule has 3 amide bonds. The maximum Gasteiger partial charge on any atom is 0.408 e. The molecular formula is C31H39N3O4. The fraction of sp³-hybridized carbons (Fsp3) is 0.387. The van der Waals surface area contributed by atoms with Crippen molar-refractivity contribution >= 4 is 34.4 Å². The quantitative estimate of drug-likeness (QED) is 0.402. The average molecular weight is 518 g/mol. The van der Waals surface area contributed by atoms with E-state index in [1.54, 1.807) is 20.8 Å². The molecule has 0 aromatic heterocycles. The summed E-state index contributed by atoms with van der Waals surface area (Å²) in [6.45, 7) is 14.5. The lowest BCUT2D eigenvalue weighted by atomic mass is 9.94. The Morgan fingerprint density at radius 3 is 2.11 bits per heavy atom. The first-order chi connectivity index (χ1) is 17.7. The number of carbonyl (C=O) groups excluding carboxylic acids is 3. The monoisotopic (exact) mass is 517 g/mol. The Hall–Kier alpha value is -3.87. The molecule has 38 heavy (non-hydrogen) atoms. The molecule has 0 saturated carbocycles. The van der Waals surface area contributed by atoms with E-state index in [1.807, 2.05) is 95.3 Å². The minimum atomic E-state index is -0.936. The molecule has 7 heteroatoms. The summed E-state index contributed by atoms with van der Waals surface area (Å²) < 4.78 is 5.29. The number of hydrogen-bond acceptors (Lipinski definition) is 4. The van der Waals surface area contributed by atoms with Crippen molar-refractivity contribution in [1.82, 2.24) is 10.2 Å². The smallest absolute Gasteiger partial charge is 0.408 e. The molecule has 0 saturated heterocycles. The van der Waals surface area contributed by atoms with Crippen molar-refractivity contribution in [3.63, 3.8) is 0 Å². The van der Waals surface area contributed by atoms with E-state index >= 15 is 0 Å². The minimum absolute atomic E-state index is 0.309. The molecule has 0 heterocycles. The van der Waals surface area contributed by atoms with E-state index in [0.717, 1.165) is 21.9 Å². The van der Waals surface area contributed by atoms with Gasteiger partial charge in [-0.1, -0.05) is 48.5 Å². The number of alkyl carbamates (subject to hydrolysis) is 1. The molecule has 0 radical (unpaired) electrons. The third kappa shape index (κ3) is 7.34. The zero-order chi connectivity index (χ0) is 28.3. The second-order valence-electron chi connectivity index (χ2n) is 11.6. The van der Waals surface area contributed by atoms with Crippen LogP contribution < -0.4 is 10.6 Å². The molecule has 1 unspecified atom stereocenters. The van der Waals surface area contributed by atoms with Gasteiger partial charge in [-0.3, -0.25) is 9.59 Å². The summed E-state index contributed by atoms with van der Waals surface area (Å²) in [5.41, 5.74) is 1.99. The van der Waals surface area contributed by atoms with E-state index < -0.39 is 29.2 Å². The van der Waals surface area contributed by atoms with Crippen molar-refractivity contribution in [1.29, 1.82) is 0 Å². The zero-order valence-electron chi connectivity index (χ0n) is 23.6. The van der Waals surface area contributed by atoms with Crippen LogP contribution in [0.1, 0.15) is 64.3 Å². The van der Waals surface area contributed by atoms with Gasteiger partial charge in [0.25, 0.3) is 5.91 Å². The number of benzene rings is 3. The van der Waals surface area contributed by atoms with Crippen molar-refractivity contribution in [2.24, 2.45) is 0 Å². The standard InChI is InChI=1S/C31H39N3O4/c1-20-13-14-24(17-21(20)2)27(28(36)33-25-16-15-22-11-9-10-12-23(22)18-25)34(30(3,4)5)26(35)19-32-29(37)38-31(6,7)8/h9-18,27H,19H2,1-8H3,(H,32,37)(H,33,36). The first kappa shape index (κ1) is 28.7. The van der Waals surface area contributed by atoms with Gasteiger partial charge in [-0.2, -0.15) is 0 Å². The lowest BCUT2D eigenvalue weighted by Crippen LogP contribution is -2.54. The number of anilines is 1. The summed E-state index contributed by atoms with van der Waals surface area (Å²) in [4.78, 5) is 41.4. The number of rotatable bonds is 6. The summed E-state index contributed by atoms with van der Waals surface area (Å²) >= 11 is 0. The Kier molecular flexibility index (Phi) is 8.50. The molecule has 1 atom stereocenters. The van der Waals surface area contributed by atoms with Crippen LogP contribution >= 0.6 is 0 Å². The molecule has 0 aliphatic heterocycles. The van der Waals surface area contributed by atoms with Crippen LogP contribution in [-0.4, -0.2) is 40.5 Å². The van der Waals surface area contributed by atoms with Crippen LogP contribution in [0.2, 0.25) is 0 Å². The lowest BCUT2D eigenvalue weighted by Gasteiger charge is -2.41. The van der Waals surface area contributed by atoms with Crippen LogP contribution in [-0.2, 0) is 14.3 Å². The molecule has 7 nitrogen and oxygen atoms in total. The highest BCUT2D eigenvalue weighted by molar-refractivity contribution is 6.00. The predicted octanol–water partition coefficient (Wildman–Crippen LogP) is 6.29. The molecule has 0 fully saturated rings. The van der Waals surface area contributed by atoms with Gasteiger partial charge >= 0.3 is 6.09 Å². The number of ether oxygens (including phenoxy) is 1. The number of fused-ring (bicyclic) bond motifs is 1. The van der Waals surface area contributed by atoms with E-state index in [0.29, 0.717) is 11.3 Å². The van der Waals surface area contributed by atoms with Crippen molar-refractivity contribution in [3.05, 3.63) is 77.4 Å². The second kappa shape index (κ2) is 11.3. The van der Waals surface area contributed by atoms with Crippen LogP contribution in [0.25, 0.3) is 10.8 Å². The highest BCUT2D eigenvalue weighted by atomic mass is 16.6. The Morgan fingerprint density at radius 2 is 1.50 bits per heavy atom. The molecule has 3 rings (SSSR count). The van der Waals surface area contributed by atoms with Crippen molar-refractivity contribution in [2.75, 3.05) is 11.9 Å². The van der Waals surface area contributed by atoms with Gasteiger partial charge < -0.3 is 20.3 Å². The fourth-order valence-electron chi connectivity index (χ4n) is 4.28. The highest BCUT2D eigenvalue weighted by Crippen LogP contribution is 2.31. The van der Waals surface area contributed by atoms with E-state index in [2.05, 4.69) is 10.6 Å². The third-order valence-electron chi connectivity index (χ3n) is 6.14. The van der Waals surface area contributed by atoms with Gasteiger partial charge in [-0.25, -0.2) is 4.79 Å². The SMILES string of the molecule is Cc1ccc(C(C(=O)Nc2ccc3ccccc3c2)N(C(=O)CNC(=O)OC(C)(C)C)C(C)(C)C)cc1C. The molecule has 2 N–H and O–H groups in total. The van der Waals surface area contributed by atoms with E-state index in [9.17, 15) is 14.4 Å². The number of aryl methyl sites for hydroxylation is 2. The maximum atomic E-state index is 13.9. The summed E-state index contributed by atoms with van der Waals surface area (Å²) in [7, 11) is 0. The predicted molar refractivity (Wildman–Crippen MR) is 152 cm³/mol. The molecule has 0 spiro atoms. The molecule has 3 aromatic carbocycles. The zero-order valence-corrected chi connectivity index (χ0v) is 23.6. The largest absolute Gasteiger partial charge is 0.444 e. The topological polar surface area (TPSA) is 87.7 Å². The van der Waals surface area contributed by atoms with E-state index in [4.69, 9.17) is 4.74 Å². The van der Waals surface area contributed by atoms with Gasteiger partial charge in [-0.15, -0.1) is 0 Å². The number of amides is 3. The van der Waals surface area contributed by atoms with Crippen LogP contribution in [0.3, 0.4) is 0 Å².